The molecule has 3 aromatic rings. The predicted octanol–water partition coefficient (Wildman–Crippen LogP) is 4.01. The SMILES string of the molecule is Cn1ncc(NC(=O)Nc2ccc(F)cc2F)c1-c1ccccc1. The number of carbonyl (C=O) groups is 1. The fraction of sp³-hybridized carbons (Fsp3) is 0.0588. The smallest absolute Gasteiger partial charge is 0.305 e. The monoisotopic (exact) mass is 328 g/mol. The van der Waals surface area contributed by atoms with Crippen molar-refractivity contribution in [2.24, 2.45) is 7.05 Å². The summed E-state index contributed by atoms with van der Waals surface area (Å²) < 4.78 is 28.1. The quantitative estimate of drug-likeness (QED) is 0.763. The van der Waals surface area contributed by atoms with E-state index >= 15 is 0 Å². The molecule has 3 rings (SSSR count). The highest BCUT2D eigenvalue weighted by Gasteiger charge is 2.14. The van der Waals surface area contributed by atoms with E-state index in [4.69, 9.17) is 0 Å². The van der Waals surface area contributed by atoms with Gasteiger partial charge in [-0.3, -0.25) is 4.68 Å². The number of carbonyl (C=O) groups excluding carboxylic acids is 1. The van der Waals surface area contributed by atoms with E-state index in [2.05, 4.69) is 15.7 Å². The molecule has 0 aliphatic carbocycles. The van der Waals surface area contributed by atoms with Crippen LogP contribution in [0.1, 0.15) is 0 Å². The summed E-state index contributed by atoms with van der Waals surface area (Å²) in [5.74, 6) is -1.56. The number of rotatable bonds is 3. The highest BCUT2D eigenvalue weighted by atomic mass is 19.1. The molecule has 2 amide bonds. The molecule has 0 atom stereocenters. The van der Waals surface area contributed by atoms with Crippen molar-refractivity contribution in [3.05, 3.63) is 66.4 Å². The first-order valence-corrected chi connectivity index (χ1v) is 7.15. The van der Waals surface area contributed by atoms with Crippen LogP contribution in [-0.4, -0.2) is 15.8 Å². The van der Waals surface area contributed by atoms with Crippen LogP contribution in [0.5, 0.6) is 0 Å². The van der Waals surface area contributed by atoms with Crippen molar-refractivity contribution in [1.29, 1.82) is 0 Å². The Labute approximate surface area is 136 Å². The van der Waals surface area contributed by atoms with Gasteiger partial charge in [-0.25, -0.2) is 13.6 Å². The van der Waals surface area contributed by atoms with Gasteiger partial charge in [-0.2, -0.15) is 5.10 Å². The van der Waals surface area contributed by atoms with E-state index in [0.717, 1.165) is 17.7 Å². The van der Waals surface area contributed by atoms with E-state index < -0.39 is 17.7 Å². The number of hydrogen-bond donors (Lipinski definition) is 2. The Bertz CT molecular complexity index is 878. The number of benzene rings is 2. The number of nitrogens with zero attached hydrogens (tertiary/aromatic N) is 2. The molecule has 0 aliphatic heterocycles. The number of nitrogens with one attached hydrogen (secondary N) is 2. The largest absolute Gasteiger partial charge is 0.323 e. The third-order valence-corrected chi connectivity index (χ3v) is 3.41. The van der Waals surface area contributed by atoms with E-state index in [9.17, 15) is 13.6 Å². The van der Waals surface area contributed by atoms with Crippen molar-refractivity contribution in [2.75, 3.05) is 10.6 Å². The normalized spacial score (nSPS) is 10.5. The Morgan fingerprint density at radius 1 is 1.04 bits per heavy atom. The second kappa shape index (κ2) is 6.49. The van der Waals surface area contributed by atoms with Crippen molar-refractivity contribution < 1.29 is 13.6 Å². The lowest BCUT2D eigenvalue weighted by Gasteiger charge is -2.10. The van der Waals surface area contributed by atoms with Gasteiger partial charge in [-0.15, -0.1) is 0 Å². The number of amides is 2. The molecule has 0 bridgehead atoms. The van der Waals surface area contributed by atoms with E-state index in [0.29, 0.717) is 17.4 Å². The van der Waals surface area contributed by atoms with Crippen molar-refractivity contribution >= 4 is 17.4 Å². The second-order valence-electron chi connectivity index (χ2n) is 5.10. The summed E-state index contributed by atoms with van der Waals surface area (Å²) in [6.45, 7) is 0. The van der Waals surface area contributed by atoms with Gasteiger partial charge >= 0.3 is 6.03 Å². The number of hydrogen-bond acceptors (Lipinski definition) is 2. The van der Waals surface area contributed by atoms with Crippen LogP contribution in [0.25, 0.3) is 11.3 Å². The molecule has 1 aromatic heterocycles. The molecule has 2 N–H and O–H groups in total. The van der Waals surface area contributed by atoms with Gasteiger partial charge in [-0.1, -0.05) is 30.3 Å². The molecule has 24 heavy (non-hydrogen) atoms. The molecule has 7 heteroatoms. The van der Waals surface area contributed by atoms with Crippen molar-refractivity contribution in [3.63, 3.8) is 0 Å². The van der Waals surface area contributed by atoms with Crippen LogP contribution < -0.4 is 10.6 Å². The molecule has 0 saturated heterocycles. The maximum absolute atomic E-state index is 13.6. The van der Waals surface area contributed by atoms with Crippen molar-refractivity contribution in [3.8, 4) is 11.3 Å². The Balaban J connectivity index is 1.80. The maximum Gasteiger partial charge on any atom is 0.323 e. The Morgan fingerprint density at radius 2 is 1.75 bits per heavy atom. The van der Waals surface area contributed by atoms with Crippen LogP contribution in [0.3, 0.4) is 0 Å². The molecule has 5 nitrogen and oxygen atoms in total. The van der Waals surface area contributed by atoms with Gasteiger partial charge in [0.2, 0.25) is 0 Å². The van der Waals surface area contributed by atoms with Gasteiger partial charge in [0.15, 0.2) is 0 Å². The van der Waals surface area contributed by atoms with Crippen molar-refractivity contribution in [1.82, 2.24) is 9.78 Å². The summed E-state index contributed by atoms with van der Waals surface area (Å²) in [4.78, 5) is 12.1. The van der Waals surface area contributed by atoms with Crippen LogP contribution in [0.4, 0.5) is 25.0 Å². The van der Waals surface area contributed by atoms with Crippen LogP contribution >= 0.6 is 0 Å². The summed E-state index contributed by atoms with van der Waals surface area (Å²) in [6.07, 6.45) is 1.50. The fourth-order valence-corrected chi connectivity index (χ4v) is 2.33. The molecule has 2 aromatic carbocycles. The molecule has 0 saturated carbocycles. The number of urea groups is 1. The Kier molecular flexibility index (Phi) is 4.24. The standard InChI is InChI=1S/C17H14F2N4O/c1-23-16(11-5-3-2-4-6-11)15(10-20-23)22-17(24)21-14-8-7-12(18)9-13(14)19/h2-10H,1H3,(H2,21,22,24). The predicted molar refractivity (Wildman–Crippen MR) is 87.6 cm³/mol. The number of halogens is 2. The second-order valence-corrected chi connectivity index (χ2v) is 5.10. The minimum Gasteiger partial charge on any atom is -0.305 e. The first-order valence-electron chi connectivity index (χ1n) is 7.15. The number of aryl methyl sites for hydroxylation is 1. The molecular formula is C17H14F2N4O. The van der Waals surface area contributed by atoms with E-state index in [1.54, 1.807) is 11.7 Å². The molecular weight excluding hydrogens is 314 g/mol. The third kappa shape index (κ3) is 3.24. The van der Waals surface area contributed by atoms with Gasteiger partial charge in [0.05, 0.1) is 23.3 Å². The van der Waals surface area contributed by atoms with E-state index in [1.807, 2.05) is 30.3 Å². The Hall–Kier alpha value is -3.22. The third-order valence-electron chi connectivity index (χ3n) is 3.41. The molecule has 0 radical (unpaired) electrons. The van der Waals surface area contributed by atoms with Crippen molar-refractivity contribution in [2.45, 2.75) is 0 Å². The molecule has 0 unspecified atom stereocenters. The number of anilines is 2. The lowest BCUT2D eigenvalue weighted by Crippen LogP contribution is -2.20. The van der Waals surface area contributed by atoms with Crippen LogP contribution in [-0.2, 0) is 7.05 Å². The summed E-state index contributed by atoms with van der Waals surface area (Å²) in [5, 5.41) is 9.10. The number of aromatic nitrogens is 2. The summed E-state index contributed by atoms with van der Waals surface area (Å²) in [6, 6.07) is 11.7. The van der Waals surface area contributed by atoms with Crippen LogP contribution in [0, 0.1) is 11.6 Å². The van der Waals surface area contributed by atoms with E-state index in [1.165, 1.54) is 6.20 Å². The van der Waals surface area contributed by atoms with Crippen LogP contribution in [0.15, 0.2) is 54.7 Å². The summed E-state index contributed by atoms with van der Waals surface area (Å²) >= 11 is 0. The topological polar surface area (TPSA) is 59.0 Å². The zero-order chi connectivity index (χ0) is 17.1. The lowest BCUT2D eigenvalue weighted by molar-refractivity contribution is 0.262. The molecule has 0 aliphatic rings. The molecule has 0 spiro atoms. The van der Waals surface area contributed by atoms with Gasteiger partial charge in [0.25, 0.3) is 0 Å². The van der Waals surface area contributed by atoms with Gasteiger partial charge < -0.3 is 10.6 Å². The zero-order valence-electron chi connectivity index (χ0n) is 12.8. The maximum atomic E-state index is 13.6. The highest BCUT2D eigenvalue weighted by Crippen LogP contribution is 2.27. The lowest BCUT2D eigenvalue weighted by atomic mass is 10.1. The highest BCUT2D eigenvalue weighted by molar-refractivity contribution is 6.01. The summed E-state index contributed by atoms with van der Waals surface area (Å²) in [5.41, 5.74) is 1.95. The van der Waals surface area contributed by atoms with E-state index in [-0.39, 0.29) is 5.69 Å². The minimum atomic E-state index is -0.848. The molecule has 122 valence electrons. The molecule has 0 fully saturated rings. The van der Waals surface area contributed by atoms with Gasteiger partial charge in [0, 0.05) is 18.7 Å². The zero-order valence-corrected chi connectivity index (χ0v) is 12.8. The van der Waals surface area contributed by atoms with Gasteiger partial charge in [0.1, 0.15) is 11.6 Å². The van der Waals surface area contributed by atoms with Crippen LogP contribution in [0.2, 0.25) is 0 Å². The average Bonchev–Trinajstić information content (AvgIpc) is 2.91. The first-order chi connectivity index (χ1) is 11.5. The average molecular weight is 328 g/mol. The fourth-order valence-electron chi connectivity index (χ4n) is 2.33. The van der Waals surface area contributed by atoms with Gasteiger partial charge in [-0.05, 0) is 12.1 Å². The minimum absolute atomic E-state index is 0.112. The molecule has 1 heterocycles. The Morgan fingerprint density at radius 3 is 2.46 bits per heavy atom. The first kappa shape index (κ1) is 15.7. The summed E-state index contributed by atoms with van der Waals surface area (Å²) in [7, 11) is 1.76.